The Balaban J connectivity index is 2.37. The van der Waals surface area contributed by atoms with Gasteiger partial charge in [0.15, 0.2) is 0 Å². The molecule has 3 unspecified atom stereocenters. The van der Waals surface area contributed by atoms with Crippen molar-refractivity contribution in [3.8, 4) is 0 Å². The van der Waals surface area contributed by atoms with Gasteiger partial charge in [-0.15, -0.1) is 0 Å². The van der Waals surface area contributed by atoms with E-state index >= 15 is 0 Å². The number of hydrogen-bond donors (Lipinski definition) is 1. The first kappa shape index (κ1) is 12.3. The first-order chi connectivity index (χ1) is 6.65. The number of rotatable bonds is 4. The Morgan fingerprint density at radius 2 is 2.29 bits per heavy atom. The smallest absolute Gasteiger partial charge is 0.0705 e. The molecule has 0 radical (unpaired) electrons. The summed E-state index contributed by atoms with van der Waals surface area (Å²) in [4.78, 5) is 2.31. The maximum atomic E-state index is 10.1. The van der Waals surface area contributed by atoms with E-state index in [0.717, 1.165) is 18.7 Å². The quantitative estimate of drug-likeness (QED) is 0.777. The molecule has 0 aromatic rings. The first-order valence-electron chi connectivity index (χ1n) is 5.61. The lowest BCUT2D eigenvalue weighted by Crippen LogP contribution is -2.47. The molecule has 0 amide bonds. The van der Waals surface area contributed by atoms with E-state index in [-0.39, 0.29) is 6.10 Å². The largest absolute Gasteiger partial charge is 0.391 e. The summed E-state index contributed by atoms with van der Waals surface area (Å²) < 4.78 is 0. The highest BCUT2D eigenvalue weighted by Crippen LogP contribution is 2.21. The van der Waals surface area contributed by atoms with E-state index in [1.54, 1.807) is 0 Å². The van der Waals surface area contributed by atoms with E-state index in [2.05, 4.69) is 25.8 Å². The second-order valence-electron chi connectivity index (χ2n) is 4.44. The maximum absolute atomic E-state index is 10.1. The van der Waals surface area contributed by atoms with Gasteiger partial charge in [0.25, 0.3) is 0 Å². The van der Waals surface area contributed by atoms with Crippen molar-refractivity contribution in [1.82, 2.24) is 4.90 Å². The molecule has 1 aliphatic heterocycles. The third-order valence-electron chi connectivity index (χ3n) is 3.23. The van der Waals surface area contributed by atoms with E-state index < -0.39 is 0 Å². The number of hydrogen-bond acceptors (Lipinski definition) is 3. The average molecular weight is 217 g/mol. The molecule has 3 heteroatoms. The van der Waals surface area contributed by atoms with Crippen molar-refractivity contribution < 1.29 is 5.11 Å². The number of aliphatic hydroxyl groups excluding tert-OH is 1. The Kier molecular flexibility index (Phi) is 5.28. The van der Waals surface area contributed by atoms with Crippen molar-refractivity contribution in [2.75, 3.05) is 25.1 Å². The Labute approximate surface area is 92.1 Å². The first-order valence-corrected chi connectivity index (χ1v) is 6.76. The second kappa shape index (κ2) is 5.99. The van der Waals surface area contributed by atoms with Gasteiger partial charge in [0, 0.05) is 24.1 Å². The highest BCUT2D eigenvalue weighted by Gasteiger charge is 2.27. The van der Waals surface area contributed by atoms with Gasteiger partial charge in [-0.3, -0.25) is 4.90 Å². The van der Waals surface area contributed by atoms with Crippen LogP contribution in [0.2, 0.25) is 0 Å². The van der Waals surface area contributed by atoms with Crippen LogP contribution in [0.15, 0.2) is 0 Å². The lowest BCUT2D eigenvalue weighted by molar-refractivity contribution is 0.0578. The van der Waals surface area contributed by atoms with Crippen molar-refractivity contribution in [2.45, 2.75) is 38.8 Å². The number of nitrogens with zero attached hydrogens (tertiary/aromatic N) is 1. The molecule has 2 nitrogen and oxygen atoms in total. The SMILES string of the molecule is CCC(C)CC(O)C1CSCCN1C. The summed E-state index contributed by atoms with van der Waals surface area (Å²) in [5.74, 6) is 2.95. The van der Waals surface area contributed by atoms with Gasteiger partial charge < -0.3 is 5.11 Å². The number of thioether (sulfide) groups is 1. The monoisotopic (exact) mass is 217 g/mol. The van der Waals surface area contributed by atoms with E-state index in [4.69, 9.17) is 0 Å². The Morgan fingerprint density at radius 1 is 1.57 bits per heavy atom. The molecule has 1 N–H and O–H groups in total. The summed E-state index contributed by atoms with van der Waals surface area (Å²) in [6.07, 6.45) is 1.98. The Morgan fingerprint density at radius 3 is 2.86 bits per heavy atom. The molecule has 0 aromatic carbocycles. The summed E-state index contributed by atoms with van der Waals surface area (Å²) in [5.41, 5.74) is 0. The van der Waals surface area contributed by atoms with Crippen molar-refractivity contribution in [2.24, 2.45) is 5.92 Å². The average Bonchev–Trinajstić information content (AvgIpc) is 2.18. The summed E-state index contributed by atoms with van der Waals surface area (Å²) in [7, 11) is 2.13. The van der Waals surface area contributed by atoms with Crippen LogP contribution in [-0.4, -0.2) is 47.3 Å². The van der Waals surface area contributed by atoms with Gasteiger partial charge in [0.1, 0.15) is 0 Å². The minimum absolute atomic E-state index is 0.136. The Bertz CT molecular complexity index is 165. The van der Waals surface area contributed by atoms with Crippen LogP contribution in [-0.2, 0) is 0 Å². The molecule has 1 aliphatic rings. The second-order valence-corrected chi connectivity index (χ2v) is 5.59. The van der Waals surface area contributed by atoms with Crippen LogP contribution < -0.4 is 0 Å². The predicted octanol–water partition coefficient (Wildman–Crippen LogP) is 1.83. The molecule has 1 rings (SSSR count). The summed E-state index contributed by atoms with van der Waals surface area (Å²) in [5, 5.41) is 10.1. The van der Waals surface area contributed by atoms with Gasteiger partial charge in [-0.25, -0.2) is 0 Å². The molecule has 14 heavy (non-hydrogen) atoms. The fourth-order valence-electron chi connectivity index (χ4n) is 1.85. The van der Waals surface area contributed by atoms with Gasteiger partial charge in [-0.2, -0.15) is 11.8 Å². The predicted molar refractivity (Wildman–Crippen MR) is 63.8 cm³/mol. The molecule has 0 saturated carbocycles. The van der Waals surface area contributed by atoms with Gasteiger partial charge in [0.2, 0.25) is 0 Å². The van der Waals surface area contributed by atoms with E-state index in [9.17, 15) is 5.11 Å². The van der Waals surface area contributed by atoms with Crippen LogP contribution in [0.25, 0.3) is 0 Å². The summed E-state index contributed by atoms with van der Waals surface area (Å²) in [6.45, 7) is 5.53. The molecular weight excluding hydrogens is 194 g/mol. The molecular formula is C11H23NOS. The molecule has 0 aliphatic carbocycles. The molecule has 84 valence electrons. The van der Waals surface area contributed by atoms with E-state index in [0.29, 0.717) is 12.0 Å². The topological polar surface area (TPSA) is 23.5 Å². The van der Waals surface area contributed by atoms with Gasteiger partial charge in [0.05, 0.1) is 6.10 Å². The van der Waals surface area contributed by atoms with Gasteiger partial charge >= 0.3 is 0 Å². The molecule has 3 atom stereocenters. The van der Waals surface area contributed by atoms with E-state index in [1.807, 2.05) is 11.8 Å². The molecule has 0 aromatic heterocycles. The molecule has 0 spiro atoms. The van der Waals surface area contributed by atoms with Crippen molar-refractivity contribution in [1.29, 1.82) is 0 Å². The van der Waals surface area contributed by atoms with Gasteiger partial charge in [-0.1, -0.05) is 20.3 Å². The third kappa shape index (κ3) is 3.44. The highest BCUT2D eigenvalue weighted by atomic mass is 32.2. The Hall–Kier alpha value is 0.270. The van der Waals surface area contributed by atoms with Crippen molar-refractivity contribution in [3.05, 3.63) is 0 Å². The minimum atomic E-state index is -0.136. The van der Waals surface area contributed by atoms with Crippen LogP contribution in [0.5, 0.6) is 0 Å². The van der Waals surface area contributed by atoms with Crippen LogP contribution in [0.4, 0.5) is 0 Å². The van der Waals surface area contributed by atoms with Crippen LogP contribution in [0, 0.1) is 5.92 Å². The molecule has 1 fully saturated rings. The van der Waals surface area contributed by atoms with Crippen LogP contribution >= 0.6 is 11.8 Å². The van der Waals surface area contributed by atoms with Crippen molar-refractivity contribution >= 4 is 11.8 Å². The molecule has 1 heterocycles. The lowest BCUT2D eigenvalue weighted by Gasteiger charge is -2.36. The fraction of sp³-hybridized carbons (Fsp3) is 1.00. The normalized spacial score (nSPS) is 28.7. The zero-order valence-corrected chi connectivity index (χ0v) is 10.4. The molecule has 0 bridgehead atoms. The lowest BCUT2D eigenvalue weighted by atomic mass is 9.97. The fourth-order valence-corrected chi connectivity index (χ4v) is 3.15. The number of aliphatic hydroxyl groups is 1. The standard InChI is InChI=1S/C11H23NOS/c1-4-9(2)7-11(13)10-8-14-6-5-12(10)3/h9-11,13H,4-8H2,1-3H3. The van der Waals surface area contributed by atoms with Crippen LogP contribution in [0.1, 0.15) is 26.7 Å². The van der Waals surface area contributed by atoms with Crippen molar-refractivity contribution in [3.63, 3.8) is 0 Å². The molecule has 1 saturated heterocycles. The summed E-state index contributed by atoms with van der Waals surface area (Å²) in [6, 6.07) is 0.378. The van der Waals surface area contributed by atoms with Crippen LogP contribution in [0.3, 0.4) is 0 Å². The zero-order chi connectivity index (χ0) is 10.6. The minimum Gasteiger partial charge on any atom is -0.391 e. The third-order valence-corrected chi connectivity index (χ3v) is 4.28. The summed E-state index contributed by atoms with van der Waals surface area (Å²) >= 11 is 1.97. The maximum Gasteiger partial charge on any atom is 0.0705 e. The zero-order valence-electron chi connectivity index (χ0n) is 9.57. The van der Waals surface area contributed by atoms with E-state index in [1.165, 1.54) is 12.2 Å². The highest BCUT2D eigenvalue weighted by molar-refractivity contribution is 7.99. The van der Waals surface area contributed by atoms with Gasteiger partial charge in [-0.05, 0) is 19.4 Å². The number of likely N-dealkylation sites (N-methyl/N-ethyl adjacent to an activating group) is 1.